The molecule has 4 nitrogen and oxygen atoms in total. The number of rotatable bonds is 5. The second-order valence-electron chi connectivity index (χ2n) is 8.26. The maximum absolute atomic E-state index is 12.8. The first-order valence-corrected chi connectivity index (χ1v) is 11.7. The van der Waals surface area contributed by atoms with Crippen molar-refractivity contribution >= 4 is 9.84 Å². The van der Waals surface area contributed by atoms with Crippen LogP contribution in [0.4, 0.5) is 0 Å². The van der Waals surface area contributed by atoms with Gasteiger partial charge in [0.05, 0.1) is 9.79 Å². The van der Waals surface area contributed by atoms with Crippen LogP contribution in [0.15, 0.2) is 58.3 Å². The predicted octanol–water partition coefficient (Wildman–Crippen LogP) is 4.27. The number of benzene rings is 2. The number of aryl methyl sites for hydroxylation is 1. The summed E-state index contributed by atoms with van der Waals surface area (Å²) < 4.78 is 31.2. The molecule has 2 fully saturated rings. The molecule has 1 aliphatic carbocycles. The molecule has 1 saturated heterocycles. The van der Waals surface area contributed by atoms with E-state index < -0.39 is 9.84 Å². The van der Waals surface area contributed by atoms with E-state index in [1.807, 2.05) is 31.2 Å². The Morgan fingerprint density at radius 2 is 1.57 bits per heavy atom. The molecule has 1 unspecified atom stereocenters. The zero-order valence-corrected chi connectivity index (χ0v) is 17.3. The van der Waals surface area contributed by atoms with Crippen molar-refractivity contribution in [3.05, 3.63) is 59.7 Å². The van der Waals surface area contributed by atoms with E-state index >= 15 is 0 Å². The lowest BCUT2D eigenvalue weighted by Gasteiger charge is -2.39. The lowest BCUT2D eigenvalue weighted by molar-refractivity contribution is 0.00415. The molecule has 1 spiro atoms. The van der Waals surface area contributed by atoms with Crippen molar-refractivity contribution in [2.45, 2.75) is 61.4 Å². The van der Waals surface area contributed by atoms with E-state index in [1.54, 1.807) is 24.3 Å². The van der Waals surface area contributed by atoms with Gasteiger partial charge in [0, 0.05) is 25.8 Å². The molecule has 150 valence electrons. The Morgan fingerprint density at radius 1 is 0.964 bits per heavy atom. The van der Waals surface area contributed by atoms with Gasteiger partial charge in [0.2, 0.25) is 9.84 Å². The fourth-order valence-electron chi connectivity index (χ4n) is 4.71. The van der Waals surface area contributed by atoms with E-state index in [4.69, 9.17) is 4.74 Å². The molecule has 1 aliphatic heterocycles. The third-order valence-corrected chi connectivity index (χ3v) is 8.30. The number of hydrogen-bond donors (Lipinski definition) is 1. The standard InChI is InChI=1S/C23H29NO3S/c1-18-4-8-20(9-5-18)28(25,26)21-10-6-19(7-11-21)17-24-22-3-2-12-23(22)13-15-27-16-14-23/h4-11,22,24H,2-3,12-17H2,1H3. The van der Waals surface area contributed by atoms with Crippen LogP contribution in [0.5, 0.6) is 0 Å². The van der Waals surface area contributed by atoms with E-state index in [2.05, 4.69) is 5.32 Å². The van der Waals surface area contributed by atoms with Gasteiger partial charge < -0.3 is 10.1 Å². The zero-order valence-electron chi connectivity index (χ0n) is 16.5. The van der Waals surface area contributed by atoms with Crippen LogP contribution in [0.1, 0.15) is 43.2 Å². The second kappa shape index (κ2) is 7.97. The normalized spacial score (nSPS) is 21.8. The zero-order chi connectivity index (χ0) is 19.6. The first-order chi connectivity index (χ1) is 13.5. The minimum Gasteiger partial charge on any atom is -0.381 e. The van der Waals surface area contributed by atoms with Crippen LogP contribution in [0.25, 0.3) is 0 Å². The highest BCUT2D eigenvalue weighted by molar-refractivity contribution is 7.91. The van der Waals surface area contributed by atoms with Gasteiger partial charge in [-0.05, 0) is 67.9 Å². The number of ether oxygens (including phenoxy) is 1. The summed E-state index contributed by atoms with van der Waals surface area (Å²) in [6.45, 7) is 4.48. The van der Waals surface area contributed by atoms with Crippen LogP contribution < -0.4 is 5.32 Å². The molecule has 5 heteroatoms. The molecule has 2 aromatic carbocycles. The van der Waals surface area contributed by atoms with Crippen molar-refractivity contribution in [2.24, 2.45) is 5.41 Å². The van der Waals surface area contributed by atoms with Crippen LogP contribution in [-0.4, -0.2) is 27.7 Å². The SMILES string of the molecule is Cc1ccc(S(=O)(=O)c2ccc(CNC3CCCC34CCOCC4)cc2)cc1. The number of sulfone groups is 1. The second-order valence-corrected chi connectivity index (χ2v) is 10.2. The monoisotopic (exact) mass is 399 g/mol. The number of hydrogen-bond acceptors (Lipinski definition) is 4. The Balaban J connectivity index is 1.43. The first-order valence-electron chi connectivity index (χ1n) is 10.2. The van der Waals surface area contributed by atoms with Crippen LogP contribution in [0.3, 0.4) is 0 Å². The molecule has 4 rings (SSSR count). The van der Waals surface area contributed by atoms with E-state index in [1.165, 1.54) is 19.3 Å². The predicted molar refractivity (Wildman–Crippen MR) is 110 cm³/mol. The Kier molecular flexibility index (Phi) is 5.59. The third-order valence-electron chi connectivity index (χ3n) is 6.51. The summed E-state index contributed by atoms with van der Waals surface area (Å²) in [5.41, 5.74) is 2.57. The van der Waals surface area contributed by atoms with Gasteiger partial charge in [-0.1, -0.05) is 36.2 Å². The van der Waals surface area contributed by atoms with Crippen molar-refractivity contribution in [3.63, 3.8) is 0 Å². The lowest BCUT2D eigenvalue weighted by Crippen LogP contribution is -2.44. The quantitative estimate of drug-likeness (QED) is 0.816. The van der Waals surface area contributed by atoms with Gasteiger partial charge in [-0.25, -0.2) is 8.42 Å². The Hall–Kier alpha value is -1.69. The van der Waals surface area contributed by atoms with Crippen molar-refractivity contribution < 1.29 is 13.2 Å². The molecule has 0 bridgehead atoms. The lowest BCUT2D eigenvalue weighted by atomic mass is 9.75. The maximum atomic E-state index is 12.8. The van der Waals surface area contributed by atoms with Crippen molar-refractivity contribution in [1.29, 1.82) is 0 Å². The Bertz CT molecular complexity index is 898. The van der Waals surface area contributed by atoms with Gasteiger partial charge >= 0.3 is 0 Å². The van der Waals surface area contributed by atoms with Crippen LogP contribution in [0, 0.1) is 12.3 Å². The van der Waals surface area contributed by atoms with Crippen LogP contribution >= 0.6 is 0 Å². The van der Waals surface area contributed by atoms with Crippen molar-refractivity contribution in [2.75, 3.05) is 13.2 Å². The molecule has 1 atom stereocenters. The summed E-state index contributed by atoms with van der Waals surface area (Å²) in [5.74, 6) is 0. The smallest absolute Gasteiger partial charge is 0.206 e. The molecule has 0 amide bonds. The largest absolute Gasteiger partial charge is 0.381 e. The highest BCUT2D eigenvalue weighted by Gasteiger charge is 2.43. The summed E-state index contributed by atoms with van der Waals surface area (Å²) in [5, 5.41) is 3.75. The molecular formula is C23H29NO3S. The third kappa shape index (κ3) is 3.88. The van der Waals surface area contributed by atoms with Gasteiger partial charge in [-0.15, -0.1) is 0 Å². The van der Waals surface area contributed by atoms with E-state index in [0.29, 0.717) is 21.2 Å². The van der Waals surface area contributed by atoms with E-state index in [0.717, 1.165) is 43.7 Å². The molecule has 1 N–H and O–H groups in total. The summed E-state index contributed by atoms with van der Waals surface area (Å²) in [6, 6.07) is 14.9. The topological polar surface area (TPSA) is 55.4 Å². The molecule has 2 aliphatic rings. The molecule has 28 heavy (non-hydrogen) atoms. The van der Waals surface area contributed by atoms with Gasteiger partial charge in [-0.3, -0.25) is 0 Å². The molecule has 2 aromatic rings. The average Bonchev–Trinajstić information content (AvgIpc) is 3.09. The van der Waals surface area contributed by atoms with Crippen LogP contribution in [-0.2, 0) is 21.1 Å². The average molecular weight is 400 g/mol. The molecule has 0 aromatic heterocycles. The van der Waals surface area contributed by atoms with E-state index in [-0.39, 0.29) is 0 Å². The van der Waals surface area contributed by atoms with E-state index in [9.17, 15) is 8.42 Å². The maximum Gasteiger partial charge on any atom is 0.206 e. The van der Waals surface area contributed by atoms with Crippen LogP contribution in [0.2, 0.25) is 0 Å². The summed E-state index contributed by atoms with van der Waals surface area (Å²) >= 11 is 0. The summed E-state index contributed by atoms with van der Waals surface area (Å²) in [4.78, 5) is 0.693. The van der Waals surface area contributed by atoms with Gasteiger partial charge in [-0.2, -0.15) is 0 Å². The number of nitrogens with one attached hydrogen (secondary N) is 1. The first kappa shape index (κ1) is 19.6. The molecule has 1 saturated carbocycles. The molecule has 1 heterocycles. The fraction of sp³-hybridized carbons (Fsp3) is 0.478. The van der Waals surface area contributed by atoms with Crippen molar-refractivity contribution in [1.82, 2.24) is 5.32 Å². The Morgan fingerprint density at radius 3 is 2.21 bits per heavy atom. The summed E-state index contributed by atoms with van der Waals surface area (Å²) in [6.07, 6.45) is 6.10. The highest BCUT2D eigenvalue weighted by Crippen LogP contribution is 2.46. The van der Waals surface area contributed by atoms with Gasteiger partial charge in [0.15, 0.2) is 0 Å². The Labute approximate surface area is 168 Å². The molecular weight excluding hydrogens is 370 g/mol. The fourth-order valence-corrected chi connectivity index (χ4v) is 5.98. The molecule has 0 radical (unpaired) electrons. The minimum atomic E-state index is -3.46. The van der Waals surface area contributed by atoms with Gasteiger partial charge in [0.1, 0.15) is 0 Å². The minimum absolute atomic E-state index is 0.344. The highest BCUT2D eigenvalue weighted by atomic mass is 32.2. The van der Waals surface area contributed by atoms with Gasteiger partial charge in [0.25, 0.3) is 0 Å². The summed E-state index contributed by atoms with van der Waals surface area (Å²) in [7, 11) is -3.46. The van der Waals surface area contributed by atoms with Crippen molar-refractivity contribution in [3.8, 4) is 0 Å².